The van der Waals surface area contributed by atoms with E-state index in [4.69, 9.17) is 14.2 Å². The quantitative estimate of drug-likeness (QED) is 0.661. The van der Waals surface area contributed by atoms with Crippen LogP contribution in [0.2, 0.25) is 0 Å². The number of piperazine rings is 1. The smallest absolute Gasteiger partial charge is 0.344 e. The molecule has 1 heterocycles. The molecule has 154 valence electrons. The summed E-state index contributed by atoms with van der Waals surface area (Å²) < 4.78 is 29.4. The van der Waals surface area contributed by atoms with E-state index in [0.29, 0.717) is 43.4 Å². The molecule has 1 aliphatic heterocycles. The molecule has 1 fully saturated rings. The van der Waals surface area contributed by atoms with E-state index in [2.05, 4.69) is 0 Å². The highest BCUT2D eigenvalue weighted by Gasteiger charge is 2.23. The Balaban J connectivity index is 1.41. The Bertz CT molecular complexity index is 852. The zero-order valence-corrected chi connectivity index (χ0v) is 16.2. The summed E-state index contributed by atoms with van der Waals surface area (Å²) in [7, 11) is 1.51. The van der Waals surface area contributed by atoms with Crippen molar-refractivity contribution in [1.29, 1.82) is 0 Å². The average Bonchev–Trinajstić information content (AvgIpc) is 2.76. The lowest BCUT2D eigenvalue weighted by Gasteiger charge is -2.36. The van der Waals surface area contributed by atoms with Crippen LogP contribution in [0, 0.1) is 5.82 Å². The number of halogens is 1. The standard InChI is InChI=1S/C21H23FN2O5/c1-27-18-8-4-5-9-19(18)28-15-21(26)29-14-20(25)24-12-10-23(11-13-24)17-7-3-2-6-16(17)22/h2-9H,10-15H2,1H3. The summed E-state index contributed by atoms with van der Waals surface area (Å²) in [5, 5.41) is 0. The molecular formula is C21H23FN2O5. The lowest BCUT2D eigenvalue weighted by Crippen LogP contribution is -2.50. The van der Waals surface area contributed by atoms with Gasteiger partial charge in [0.05, 0.1) is 12.8 Å². The molecule has 2 aromatic rings. The third kappa shape index (κ3) is 5.37. The summed E-state index contributed by atoms with van der Waals surface area (Å²) in [6.45, 7) is 1.21. The van der Waals surface area contributed by atoms with Gasteiger partial charge in [0, 0.05) is 26.2 Å². The molecule has 0 aliphatic carbocycles. The van der Waals surface area contributed by atoms with E-state index in [9.17, 15) is 14.0 Å². The molecule has 0 saturated carbocycles. The van der Waals surface area contributed by atoms with Crippen molar-refractivity contribution in [2.45, 2.75) is 0 Å². The van der Waals surface area contributed by atoms with Crippen LogP contribution in [0.5, 0.6) is 11.5 Å². The third-order valence-electron chi connectivity index (χ3n) is 4.60. The van der Waals surface area contributed by atoms with E-state index in [-0.39, 0.29) is 24.9 Å². The maximum absolute atomic E-state index is 13.9. The zero-order chi connectivity index (χ0) is 20.6. The fourth-order valence-corrected chi connectivity index (χ4v) is 3.05. The number of ether oxygens (including phenoxy) is 3. The van der Waals surface area contributed by atoms with E-state index in [0.717, 1.165) is 0 Å². The molecular weight excluding hydrogens is 379 g/mol. The Hall–Kier alpha value is -3.29. The number of anilines is 1. The van der Waals surface area contributed by atoms with Crippen LogP contribution in [0.1, 0.15) is 0 Å². The third-order valence-corrected chi connectivity index (χ3v) is 4.60. The second-order valence-corrected chi connectivity index (χ2v) is 6.42. The van der Waals surface area contributed by atoms with Gasteiger partial charge in [0.25, 0.3) is 5.91 Å². The molecule has 0 aromatic heterocycles. The van der Waals surface area contributed by atoms with Crippen LogP contribution in [-0.2, 0) is 14.3 Å². The molecule has 29 heavy (non-hydrogen) atoms. The summed E-state index contributed by atoms with van der Waals surface area (Å²) in [4.78, 5) is 27.6. The van der Waals surface area contributed by atoms with Gasteiger partial charge in [-0.15, -0.1) is 0 Å². The van der Waals surface area contributed by atoms with Crippen LogP contribution in [-0.4, -0.2) is 63.3 Å². The number of carbonyl (C=O) groups excluding carboxylic acids is 2. The lowest BCUT2D eigenvalue weighted by molar-refractivity contribution is -0.153. The van der Waals surface area contributed by atoms with Crippen LogP contribution >= 0.6 is 0 Å². The normalized spacial score (nSPS) is 13.7. The molecule has 0 unspecified atom stereocenters. The number of esters is 1. The first-order chi connectivity index (χ1) is 14.1. The van der Waals surface area contributed by atoms with Gasteiger partial charge >= 0.3 is 5.97 Å². The van der Waals surface area contributed by atoms with E-state index >= 15 is 0 Å². The monoisotopic (exact) mass is 402 g/mol. The minimum absolute atomic E-state index is 0.281. The zero-order valence-electron chi connectivity index (χ0n) is 16.2. The van der Waals surface area contributed by atoms with Gasteiger partial charge in [-0.25, -0.2) is 9.18 Å². The number of hydrogen-bond donors (Lipinski definition) is 0. The van der Waals surface area contributed by atoms with Crippen molar-refractivity contribution in [2.24, 2.45) is 0 Å². The Labute approximate surface area is 168 Å². The van der Waals surface area contributed by atoms with E-state index < -0.39 is 5.97 Å². The van der Waals surface area contributed by atoms with Crippen molar-refractivity contribution in [1.82, 2.24) is 4.90 Å². The number of methoxy groups -OCH3 is 1. The van der Waals surface area contributed by atoms with Crippen LogP contribution in [0.3, 0.4) is 0 Å². The maximum atomic E-state index is 13.9. The Morgan fingerprint density at radius 3 is 2.28 bits per heavy atom. The molecule has 1 amide bonds. The van der Waals surface area contributed by atoms with Gasteiger partial charge in [-0.2, -0.15) is 0 Å². The second kappa shape index (κ2) is 9.77. The number of nitrogens with zero attached hydrogens (tertiary/aromatic N) is 2. The first-order valence-corrected chi connectivity index (χ1v) is 9.27. The van der Waals surface area contributed by atoms with Crippen LogP contribution < -0.4 is 14.4 Å². The van der Waals surface area contributed by atoms with Gasteiger partial charge in [-0.3, -0.25) is 4.79 Å². The number of amides is 1. The van der Waals surface area contributed by atoms with Gasteiger partial charge < -0.3 is 24.0 Å². The highest BCUT2D eigenvalue weighted by molar-refractivity contribution is 5.81. The summed E-state index contributed by atoms with van der Waals surface area (Å²) >= 11 is 0. The van der Waals surface area contributed by atoms with E-state index in [1.54, 1.807) is 47.4 Å². The van der Waals surface area contributed by atoms with Gasteiger partial charge in [-0.1, -0.05) is 24.3 Å². The Morgan fingerprint density at radius 1 is 0.931 bits per heavy atom. The van der Waals surface area contributed by atoms with Crippen molar-refractivity contribution in [2.75, 3.05) is 51.4 Å². The van der Waals surface area contributed by atoms with Crippen molar-refractivity contribution in [3.05, 3.63) is 54.3 Å². The van der Waals surface area contributed by atoms with Gasteiger partial charge in [-0.05, 0) is 24.3 Å². The van der Waals surface area contributed by atoms with Crippen molar-refractivity contribution < 1.29 is 28.2 Å². The van der Waals surface area contributed by atoms with E-state index in [1.165, 1.54) is 13.2 Å². The molecule has 8 heteroatoms. The molecule has 2 aromatic carbocycles. The predicted molar refractivity (Wildman–Crippen MR) is 105 cm³/mol. The molecule has 7 nitrogen and oxygen atoms in total. The van der Waals surface area contributed by atoms with Crippen LogP contribution in [0.25, 0.3) is 0 Å². The van der Waals surface area contributed by atoms with Gasteiger partial charge in [0.15, 0.2) is 24.7 Å². The summed E-state index contributed by atoms with van der Waals surface area (Å²) in [6, 6.07) is 13.5. The first-order valence-electron chi connectivity index (χ1n) is 9.27. The number of para-hydroxylation sites is 3. The van der Waals surface area contributed by atoms with Crippen molar-refractivity contribution in [3.63, 3.8) is 0 Å². The summed E-state index contributed by atoms with van der Waals surface area (Å²) in [5.74, 6) is -0.291. The molecule has 1 aliphatic rings. The number of hydrogen-bond acceptors (Lipinski definition) is 6. The molecule has 0 N–H and O–H groups in total. The minimum atomic E-state index is -0.644. The largest absolute Gasteiger partial charge is 0.493 e. The van der Waals surface area contributed by atoms with Gasteiger partial charge in [0.1, 0.15) is 5.82 Å². The SMILES string of the molecule is COc1ccccc1OCC(=O)OCC(=O)N1CCN(c2ccccc2F)CC1. The number of rotatable bonds is 7. The van der Waals surface area contributed by atoms with Crippen molar-refractivity contribution >= 4 is 17.6 Å². The Kier molecular flexibility index (Phi) is 6.89. The molecule has 3 rings (SSSR count). The van der Waals surface area contributed by atoms with Crippen LogP contribution in [0.4, 0.5) is 10.1 Å². The number of carbonyl (C=O) groups is 2. The summed E-state index contributed by atoms with van der Waals surface area (Å²) in [6.07, 6.45) is 0. The topological polar surface area (TPSA) is 68.3 Å². The second-order valence-electron chi connectivity index (χ2n) is 6.42. The predicted octanol–water partition coefficient (Wildman–Crippen LogP) is 2.11. The molecule has 0 atom stereocenters. The maximum Gasteiger partial charge on any atom is 0.344 e. The lowest BCUT2D eigenvalue weighted by atomic mass is 10.2. The van der Waals surface area contributed by atoms with E-state index in [1.807, 2.05) is 4.90 Å². The van der Waals surface area contributed by atoms with Crippen molar-refractivity contribution in [3.8, 4) is 11.5 Å². The number of benzene rings is 2. The molecule has 0 radical (unpaired) electrons. The molecule has 1 saturated heterocycles. The fourth-order valence-electron chi connectivity index (χ4n) is 3.05. The van der Waals surface area contributed by atoms with Gasteiger partial charge in [0.2, 0.25) is 0 Å². The fraction of sp³-hybridized carbons (Fsp3) is 0.333. The molecule has 0 spiro atoms. The minimum Gasteiger partial charge on any atom is -0.493 e. The summed E-state index contributed by atoms with van der Waals surface area (Å²) in [5.41, 5.74) is 0.527. The Morgan fingerprint density at radius 2 is 1.59 bits per heavy atom. The highest BCUT2D eigenvalue weighted by atomic mass is 19.1. The van der Waals surface area contributed by atoms with Crippen LogP contribution in [0.15, 0.2) is 48.5 Å². The molecule has 0 bridgehead atoms. The average molecular weight is 402 g/mol. The highest BCUT2D eigenvalue weighted by Crippen LogP contribution is 2.25. The first kappa shape index (κ1) is 20.4.